The number of nitrogens with zero attached hydrogens (tertiary/aromatic N) is 1. The Morgan fingerprint density at radius 1 is 1.17 bits per heavy atom. The number of rotatable bonds is 6. The highest BCUT2D eigenvalue weighted by atomic mass is 35.5. The summed E-state index contributed by atoms with van der Waals surface area (Å²) >= 11 is 11.9. The Balaban J connectivity index is 2.28. The fraction of sp³-hybridized carbons (Fsp3) is 0.211. The fourth-order valence-corrected chi connectivity index (χ4v) is 2.80. The van der Waals surface area contributed by atoms with Crippen LogP contribution in [0.1, 0.15) is 21.5 Å². The summed E-state index contributed by atoms with van der Waals surface area (Å²) in [6.45, 7) is 0.743. The molecule has 24 heavy (non-hydrogen) atoms. The minimum atomic E-state index is -0.164. The lowest BCUT2D eigenvalue weighted by atomic mass is 10.0. The van der Waals surface area contributed by atoms with Crippen molar-refractivity contribution in [3.8, 4) is 5.75 Å². The molecular formula is C19H19Cl2NO2. The molecule has 0 heterocycles. The predicted octanol–water partition coefficient (Wildman–Crippen LogP) is 4.96. The zero-order chi connectivity index (χ0) is 17.7. The van der Waals surface area contributed by atoms with Gasteiger partial charge in [0, 0.05) is 17.1 Å². The van der Waals surface area contributed by atoms with Crippen LogP contribution < -0.4 is 4.74 Å². The lowest BCUT2D eigenvalue weighted by Crippen LogP contribution is -2.11. The highest BCUT2D eigenvalue weighted by molar-refractivity contribution is 6.37. The van der Waals surface area contributed by atoms with Crippen molar-refractivity contribution in [3.05, 3.63) is 69.2 Å². The van der Waals surface area contributed by atoms with Crippen molar-refractivity contribution >= 4 is 35.1 Å². The third-order valence-corrected chi connectivity index (χ3v) is 4.00. The second-order valence-electron chi connectivity index (χ2n) is 5.62. The van der Waals surface area contributed by atoms with E-state index in [4.69, 9.17) is 27.9 Å². The van der Waals surface area contributed by atoms with Crippen LogP contribution in [0.3, 0.4) is 0 Å². The Bertz CT molecular complexity index is 770. The summed E-state index contributed by atoms with van der Waals surface area (Å²) in [4.78, 5) is 14.4. The Labute approximate surface area is 152 Å². The van der Waals surface area contributed by atoms with Gasteiger partial charge >= 0.3 is 0 Å². The van der Waals surface area contributed by atoms with Crippen LogP contribution in [0.15, 0.2) is 42.5 Å². The van der Waals surface area contributed by atoms with E-state index < -0.39 is 0 Å². The number of methoxy groups -OCH3 is 1. The predicted molar refractivity (Wildman–Crippen MR) is 100 cm³/mol. The monoisotopic (exact) mass is 363 g/mol. The summed E-state index contributed by atoms with van der Waals surface area (Å²) in [5.41, 5.74) is 2.47. The van der Waals surface area contributed by atoms with Crippen molar-refractivity contribution in [2.24, 2.45) is 0 Å². The van der Waals surface area contributed by atoms with E-state index in [2.05, 4.69) is 4.90 Å². The van der Waals surface area contributed by atoms with E-state index in [9.17, 15) is 4.79 Å². The first-order chi connectivity index (χ1) is 11.4. The Hall–Kier alpha value is -1.81. The average molecular weight is 364 g/mol. The van der Waals surface area contributed by atoms with Crippen LogP contribution in [0.2, 0.25) is 10.0 Å². The lowest BCUT2D eigenvalue weighted by molar-refractivity contribution is 0.104. The maximum absolute atomic E-state index is 12.4. The molecule has 0 unspecified atom stereocenters. The van der Waals surface area contributed by atoms with Crippen LogP contribution in [0, 0.1) is 0 Å². The third-order valence-electron chi connectivity index (χ3n) is 3.45. The molecule has 2 aromatic carbocycles. The molecule has 2 aromatic rings. The maximum Gasteiger partial charge on any atom is 0.187 e. The van der Waals surface area contributed by atoms with E-state index in [0.29, 0.717) is 15.6 Å². The molecule has 0 fully saturated rings. The van der Waals surface area contributed by atoms with Crippen molar-refractivity contribution < 1.29 is 9.53 Å². The van der Waals surface area contributed by atoms with Gasteiger partial charge in [-0.25, -0.2) is 0 Å². The van der Waals surface area contributed by atoms with E-state index in [0.717, 1.165) is 23.4 Å². The second kappa shape index (κ2) is 8.34. The zero-order valence-corrected chi connectivity index (χ0v) is 15.4. The van der Waals surface area contributed by atoms with E-state index >= 15 is 0 Å². The summed E-state index contributed by atoms with van der Waals surface area (Å²) in [5, 5.41) is 0.851. The van der Waals surface area contributed by atoms with Crippen molar-refractivity contribution in [2.75, 3.05) is 21.2 Å². The first-order valence-corrected chi connectivity index (χ1v) is 8.15. The number of halogens is 2. The largest absolute Gasteiger partial charge is 0.497 e. The highest BCUT2D eigenvalue weighted by Crippen LogP contribution is 2.23. The van der Waals surface area contributed by atoms with Crippen LogP contribution in [0.5, 0.6) is 5.75 Å². The number of ketones is 1. The Morgan fingerprint density at radius 2 is 1.92 bits per heavy atom. The normalized spacial score (nSPS) is 11.2. The first-order valence-electron chi connectivity index (χ1n) is 7.40. The van der Waals surface area contributed by atoms with Gasteiger partial charge in [0.1, 0.15) is 5.75 Å². The molecular weight excluding hydrogens is 345 g/mol. The van der Waals surface area contributed by atoms with Crippen LogP contribution in [-0.2, 0) is 6.54 Å². The van der Waals surface area contributed by atoms with E-state index in [1.165, 1.54) is 6.08 Å². The Morgan fingerprint density at radius 3 is 2.54 bits per heavy atom. The zero-order valence-electron chi connectivity index (χ0n) is 13.8. The number of hydrogen-bond donors (Lipinski definition) is 0. The number of benzene rings is 2. The molecule has 0 radical (unpaired) electrons. The third kappa shape index (κ3) is 4.84. The molecule has 0 atom stereocenters. The molecule has 0 bridgehead atoms. The molecule has 0 saturated heterocycles. The molecule has 0 N–H and O–H groups in total. The lowest BCUT2D eigenvalue weighted by Gasteiger charge is -2.13. The van der Waals surface area contributed by atoms with E-state index in [1.54, 1.807) is 31.4 Å². The summed E-state index contributed by atoms with van der Waals surface area (Å²) in [6, 6.07) is 10.6. The second-order valence-corrected chi connectivity index (χ2v) is 6.47. The maximum atomic E-state index is 12.4. The molecule has 0 aliphatic rings. The van der Waals surface area contributed by atoms with E-state index in [1.807, 2.05) is 32.3 Å². The number of allylic oxidation sites excluding steroid dienone is 1. The van der Waals surface area contributed by atoms with Gasteiger partial charge in [0.2, 0.25) is 0 Å². The first kappa shape index (κ1) is 18.5. The molecule has 126 valence electrons. The van der Waals surface area contributed by atoms with Gasteiger partial charge in [0.15, 0.2) is 5.78 Å². The molecule has 0 amide bonds. The SMILES string of the molecule is COc1ccc(/C=C/C(=O)c2ccc(Cl)cc2Cl)c(CN(C)C)c1. The molecule has 3 nitrogen and oxygen atoms in total. The molecule has 0 aliphatic heterocycles. The standard InChI is InChI=1S/C19H19Cl2NO2/c1-22(2)12-14-10-16(24-3)7-4-13(14)5-9-19(23)17-8-6-15(20)11-18(17)21/h4-11H,12H2,1-3H3/b9-5+. The highest BCUT2D eigenvalue weighted by Gasteiger charge is 2.09. The van der Waals surface area contributed by atoms with E-state index in [-0.39, 0.29) is 5.78 Å². The summed E-state index contributed by atoms with van der Waals surface area (Å²) in [5.74, 6) is 0.624. The van der Waals surface area contributed by atoms with Gasteiger partial charge in [-0.3, -0.25) is 4.79 Å². The average Bonchev–Trinajstić information content (AvgIpc) is 2.52. The summed E-state index contributed by atoms with van der Waals surface area (Å²) < 4.78 is 5.27. The van der Waals surface area contributed by atoms with Crippen LogP contribution in [0.25, 0.3) is 6.08 Å². The van der Waals surface area contributed by atoms with Crippen molar-refractivity contribution in [3.63, 3.8) is 0 Å². The number of hydrogen-bond acceptors (Lipinski definition) is 3. The van der Waals surface area contributed by atoms with Gasteiger partial charge in [0.05, 0.1) is 12.1 Å². The number of carbonyl (C=O) groups is 1. The quantitative estimate of drug-likeness (QED) is 0.536. The summed E-state index contributed by atoms with van der Waals surface area (Å²) in [7, 11) is 5.62. The number of carbonyl (C=O) groups excluding carboxylic acids is 1. The van der Waals surface area contributed by atoms with Gasteiger partial charge < -0.3 is 9.64 Å². The molecule has 0 aromatic heterocycles. The smallest absolute Gasteiger partial charge is 0.187 e. The minimum absolute atomic E-state index is 0.164. The molecule has 0 saturated carbocycles. The fourth-order valence-electron chi connectivity index (χ4n) is 2.29. The molecule has 5 heteroatoms. The van der Waals surface area contributed by atoms with Crippen molar-refractivity contribution in [1.82, 2.24) is 4.90 Å². The van der Waals surface area contributed by atoms with Gasteiger partial charge in [-0.15, -0.1) is 0 Å². The molecule has 0 spiro atoms. The van der Waals surface area contributed by atoms with Gasteiger partial charge in [-0.05, 0) is 61.6 Å². The molecule has 2 rings (SSSR count). The number of ether oxygens (including phenoxy) is 1. The van der Waals surface area contributed by atoms with Gasteiger partial charge in [-0.2, -0.15) is 0 Å². The van der Waals surface area contributed by atoms with Gasteiger partial charge in [-0.1, -0.05) is 35.3 Å². The van der Waals surface area contributed by atoms with Crippen LogP contribution in [-0.4, -0.2) is 31.9 Å². The molecule has 0 aliphatic carbocycles. The summed E-state index contributed by atoms with van der Waals surface area (Å²) in [6.07, 6.45) is 3.32. The van der Waals surface area contributed by atoms with Gasteiger partial charge in [0.25, 0.3) is 0 Å². The van der Waals surface area contributed by atoms with Crippen LogP contribution >= 0.6 is 23.2 Å². The van der Waals surface area contributed by atoms with Crippen LogP contribution in [0.4, 0.5) is 0 Å². The minimum Gasteiger partial charge on any atom is -0.497 e. The van der Waals surface area contributed by atoms with Crippen molar-refractivity contribution in [2.45, 2.75) is 6.54 Å². The Kier molecular flexibility index (Phi) is 6.44. The topological polar surface area (TPSA) is 29.5 Å². The van der Waals surface area contributed by atoms with Crippen molar-refractivity contribution in [1.29, 1.82) is 0 Å².